The Kier molecular flexibility index (Phi) is 5.74. The fourth-order valence-corrected chi connectivity index (χ4v) is 2.05. The zero-order valence-electron chi connectivity index (χ0n) is 12.3. The van der Waals surface area contributed by atoms with Gasteiger partial charge in [-0.3, -0.25) is 0 Å². The van der Waals surface area contributed by atoms with Gasteiger partial charge in [-0.25, -0.2) is 0 Å². The summed E-state index contributed by atoms with van der Waals surface area (Å²) in [5.74, 6) is 0. The lowest BCUT2D eigenvalue weighted by Crippen LogP contribution is -2.11. The molecule has 106 valence electrons. The van der Waals surface area contributed by atoms with Crippen molar-refractivity contribution in [2.75, 3.05) is 0 Å². The van der Waals surface area contributed by atoms with E-state index in [9.17, 15) is 0 Å². The molecule has 0 atom stereocenters. The molecule has 0 aliphatic heterocycles. The third kappa shape index (κ3) is 4.90. The maximum Gasteiger partial charge on any atom is 0.0551 e. The summed E-state index contributed by atoms with van der Waals surface area (Å²) in [6, 6.07) is 30.5. The standard InChI is InChI=1S/C13H13N.C7H8/c14-13(11-7-3-1-4-8-11)12-9-5-2-6-10-12;1-7-5-3-2-4-6-7/h1-10,13H,14H2;2-6H,1H3. The van der Waals surface area contributed by atoms with E-state index in [1.54, 1.807) is 0 Å². The van der Waals surface area contributed by atoms with E-state index in [2.05, 4.69) is 43.3 Å². The molecular formula is C20H21N. The molecule has 3 aromatic rings. The summed E-state index contributed by atoms with van der Waals surface area (Å²) in [5.41, 5.74) is 9.74. The van der Waals surface area contributed by atoms with Crippen LogP contribution in [0.5, 0.6) is 0 Å². The van der Waals surface area contributed by atoms with Gasteiger partial charge in [0.05, 0.1) is 6.04 Å². The molecule has 1 heteroatoms. The second kappa shape index (κ2) is 8.03. The van der Waals surface area contributed by atoms with Crippen LogP contribution in [0.4, 0.5) is 0 Å². The van der Waals surface area contributed by atoms with Gasteiger partial charge >= 0.3 is 0 Å². The van der Waals surface area contributed by atoms with Gasteiger partial charge in [0.25, 0.3) is 0 Å². The Labute approximate surface area is 127 Å². The van der Waals surface area contributed by atoms with Crippen molar-refractivity contribution < 1.29 is 0 Å². The summed E-state index contributed by atoms with van der Waals surface area (Å²) in [6.45, 7) is 2.08. The summed E-state index contributed by atoms with van der Waals surface area (Å²) >= 11 is 0. The Bertz CT molecular complexity index is 578. The predicted octanol–water partition coefficient (Wildman–Crippen LogP) is 4.73. The third-order valence-electron chi connectivity index (χ3n) is 3.26. The Morgan fingerprint density at radius 1 is 0.571 bits per heavy atom. The molecule has 0 saturated carbocycles. The van der Waals surface area contributed by atoms with Crippen LogP contribution in [0.1, 0.15) is 22.7 Å². The number of nitrogens with two attached hydrogens (primary N) is 1. The molecule has 0 aliphatic rings. The SMILES string of the molecule is Cc1ccccc1.NC(c1ccccc1)c1ccccc1. The highest BCUT2D eigenvalue weighted by atomic mass is 14.6. The maximum atomic E-state index is 6.12. The van der Waals surface area contributed by atoms with Crippen molar-refractivity contribution in [2.24, 2.45) is 5.73 Å². The van der Waals surface area contributed by atoms with E-state index in [1.807, 2.05) is 54.6 Å². The molecular weight excluding hydrogens is 254 g/mol. The number of rotatable bonds is 2. The molecule has 2 N–H and O–H groups in total. The number of aryl methyl sites for hydroxylation is 1. The first-order valence-corrected chi connectivity index (χ1v) is 7.14. The minimum absolute atomic E-state index is 0.0163. The summed E-state index contributed by atoms with van der Waals surface area (Å²) in [6.07, 6.45) is 0. The molecule has 0 saturated heterocycles. The molecule has 1 nitrogen and oxygen atoms in total. The highest BCUT2D eigenvalue weighted by molar-refractivity contribution is 5.30. The molecule has 0 spiro atoms. The highest BCUT2D eigenvalue weighted by Crippen LogP contribution is 2.18. The van der Waals surface area contributed by atoms with Crippen molar-refractivity contribution in [3.8, 4) is 0 Å². The van der Waals surface area contributed by atoms with Crippen molar-refractivity contribution in [2.45, 2.75) is 13.0 Å². The summed E-state index contributed by atoms with van der Waals surface area (Å²) < 4.78 is 0. The minimum Gasteiger partial charge on any atom is -0.320 e. The predicted molar refractivity (Wildman–Crippen MR) is 90.1 cm³/mol. The Balaban J connectivity index is 0.000000194. The van der Waals surface area contributed by atoms with Crippen molar-refractivity contribution in [3.05, 3.63) is 108 Å². The van der Waals surface area contributed by atoms with E-state index >= 15 is 0 Å². The van der Waals surface area contributed by atoms with E-state index in [0.29, 0.717) is 0 Å². The van der Waals surface area contributed by atoms with E-state index < -0.39 is 0 Å². The van der Waals surface area contributed by atoms with Crippen molar-refractivity contribution in [1.82, 2.24) is 0 Å². The van der Waals surface area contributed by atoms with Crippen LogP contribution in [0.3, 0.4) is 0 Å². The van der Waals surface area contributed by atoms with Gasteiger partial charge in [-0.15, -0.1) is 0 Å². The van der Waals surface area contributed by atoms with E-state index in [1.165, 1.54) is 5.56 Å². The fourth-order valence-electron chi connectivity index (χ4n) is 2.05. The van der Waals surface area contributed by atoms with Gasteiger partial charge in [0, 0.05) is 0 Å². The van der Waals surface area contributed by atoms with Crippen molar-refractivity contribution in [3.63, 3.8) is 0 Å². The Hall–Kier alpha value is -2.38. The van der Waals surface area contributed by atoms with E-state index in [0.717, 1.165) is 11.1 Å². The van der Waals surface area contributed by atoms with Crippen LogP contribution in [0.15, 0.2) is 91.0 Å². The maximum absolute atomic E-state index is 6.12. The highest BCUT2D eigenvalue weighted by Gasteiger charge is 2.06. The largest absolute Gasteiger partial charge is 0.320 e. The van der Waals surface area contributed by atoms with Crippen LogP contribution < -0.4 is 5.73 Å². The zero-order valence-corrected chi connectivity index (χ0v) is 12.3. The number of hydrogen-bond donors (Lipinski definition) is 1. The van der Waals surface area contributed by atoms with Gasteiger partial charge in [-0.2, -0.15) is 0 Å². The van der Waals surface area contributed by atoms with Crippen molar-refractivity contribution >= 4 is 0 Å². The van der Waals surface area contributed by atoms with Crippen LogP contribution in [-0.2, 0) is 0 Å². The molecule has 0 unspecified atom stereocenters. The monoisotopic (exact) mass is 275 g/mol. The molecule has 3 rings (SSSR count). The molecule has 21 heavy (non-hydrogen) atoms. The van der Waals surface area contributed by atoms with Gasteiger partial charge in [0.15, 0.2) is 0 Å². The molecule has 0 fully saturated rings. The average Bonchev–Trinajstić information content (AvgIpc) is 2.57. The summed E-state index contributed by atoms with van der Waals surface area (Å²) in [4.78, 5) is 0. The fraction of sp³-hybridized carbons (Fsp3) is 0.100. The third-order valence-corrected chi connectivity index (χ3v) is 3.26. The Morgan fingerprint density at radius 3 is 1.19 bits per heavy atom. The summed E-state index contributed by atoms with van der Waals surface area (Å²) in [7, 11) is 0. The van der Waals surface area contributed by atoms with Crippen LogP contribution >= 0.6 is 0 Å². The lowest BCUT2D eigenvalue weighted by molar-refractivity contribution is 0.871. The molecule has 0 amide bonds. The van der Waals surface area contributed by atoms with Crippen LogP contribution in [0.2, 0.25) is 0 Å². The molecule has 0 aliphatic carbocycles. The first-order valence-electron chi connectivity index (χ1n) is 7.14. The van der Waals surface area contributed by atoms with Crippen molar-refractivity contribution in [1.29, 1.82) is 0 Å². The van der Waals surface area contributed by atoms with Gasteiger partial charge in [-0.05, 0) is 18.1 Å². The quantitative estimate of drug-likeness (QED) is 0.719. The zero-order chi connectivity index (χ0) is 14.9. The molecule has 0 aromatic heterocycles. The Morgan fingerprint density at radius 2 is 0.905 bits per heavy atom. The van der Waals surface area contributed by atoms with Gasteiger partial charge in [0.2, 0.25) is 0 Å². The van der Waals surface area contributed by atoms with E-state index in [-0.39, 0.29) is 6.04 Å². The second-order valence-electron chi connectivity index (χ2n) is 4.95. The molecule has 0 heterocycles. The first-order chi connectivity index (χ1) is 10.3. The number of hydrogen-bond acceptors (Lipinski definition) is 1. The molecule has 0 bridgehead atoms. The smallest absolute Gasteiger partial charge is 0.0551 e. The molecule has 0 radical (unpaired) electrons. The first kappa shape index (κ1) is 15.0. The lowest BCUT2D eigenvalue weighted by Gasteiger charge is -2.11. The van der Waals surface area contributed by atoms with Gasteiger partial charge in [-0.1, -0.05) is 96.6 Å². The van der Waals surface area contributed by atoms with Gasteiger partial charge < -0.3 is 5.73 Å². The van der Waals surface area contributed by atoms with Crippen LogP contribution in [-0.4, -0.2) is 0 Å². The molecule has 3 aromatic carbocycles. The second-order valence-corrected chi connectivity index (χ2v) is 4.95. The average molecular weight is 275 g/mol. The topological polar surface area (TPSA) is 26.0 Å². The van der Waals surface area contributed by atoms with Crippen LogP contribution in [0, 0.1) is 6.92 Å². The van der Waals surface area contributed by atoms with Crippen LogP contribution in [0.25, 0.3) is 0 Å². The van der Waals surface area contributed by atoms with Gasteiger partial charge in [0.1, 0.15) is 0 Å². The van der Waals surface area contributed by atoms with E-state index in [4.69, 9.17) is 5.73 Å². The lowest BCUT2D eigenvalue weighted by atomic mass is 10.00. The minimum atomic E-state index is -0.0163. The normalized spacial score (nSPS) is 9.86. The summed E-state index contributed by atoms with van der Waals surface area (Å²) in [5, 5.41) is 0. The number of benzene rings is 3.